The lowest BCUT2D eigenvalue weighted by molar-refractivity contribution is -0.385. The van der Waals surface area contributed by atoms with Crippen LogP contribution in [0.3, 0.4) is 0 Å². The smallest absolute Gasteiger partial charge is 0.315 e. The van der Waals surface area contributed by atoms with Crippen LogP contribution in [0, 0.1) is 17.0 Å². The molecule has 22 heavy (non-hydrogen) atoms. The normalized spacial score (nSPS) is 10.6. The lowest BCUT2D eigenvalue weighted by Gasteiger charge is -2.07. The SMILES string of the molecule is COc1ccc(Oc2ncnc3sc(C)cc23)c([N+](=O)[O-])c1. The predicted molar refractivity (Wildman–Crippen MR) is 81.9 cm³/mol. The minimum absolute atomic E-state index is 0.106. The molecule has 0 unspecified atom stereocenters. The summed E-state index contributed by atoms with van der Waals surface area (Å²) >= 11 is 1.51. The molecule has 8 heteroatoms. The van der Waals surface area contributed by atoms with Crippen molar-refractivity contribution in [3.05, 3.63) is 45.6 Å². The van der Waals surface area contributed by atoms with Gasteiger partial charge in [0.15, 0.2) is 0 Å². The van der Waals surface area contributed by atoms with Crippen LogP contribution < -0.4 is 9.47 Å². The quantitative estimate of drug-likeness (QED) is 0.538. The summed E-state index contributed by atoms with van der Waals surface area (Å²) in [6.45, 7) is 1.95. The van der Waals surface area contributed by atoms with Gasteiger partial charge in [-0.2, -0.15) is 0 Å². The molecule has 0 N–H and O–H groups in total. The van der Waals surface area contributed by atoms with E-state index < -0.39 is 4.92 Å². The Morgan fingerprint density at radius 1 is 1.27 bits per heavy atom. The van der Waals surface area contributed by atoms with Gasteiger partial charge >= 0.3 is 5.69 Å². The number of hydrogen-bond donors (Lipinski definition) is 0. The summed E-state index contributed by atoms with van der Waals surface area (Å²) in [7, 11) is 1.45. The summed E-state index contributed by atoms with van der Waals surface area (Å²) in [4.78, 5) is 20.7. The van der Waals surface area contributed by atoms with E-state index in [1.165, 1.54) is 36.9 Å². The summed E-state index contributed by atoms with van der Waals surface area (Å²) < 4.78 is 10.7. The van der Waals surface area contributed by atoms with Gasteiger partial charge in [-0.3, -0.25) is 10.1 Å². The Balaban J connectivity index is 2.06. The summed E-state index contributed by atoms with van der Waals surface area (Å²) in [5.74, 6) is 0.788. The number of nitrogens with zero attached hydrogens (tertiary/aromatic N) is 3. The van der Waals surface area contributed by atoms with E-state index in [0.717, 1.165) is 15.1 Å². The molecule has 0 aliphatic heterocycles. The first-order chi connectivity index (χ1) is 10.6. The first kappa shape index (κ1) is 14.2. The van der Waals surface area contributed by atoms with Gasteiger partial charge in [0.1, 0.15) is 16.9 Å². The fourth-order valence-electron chi connectivity index (χ4n) is 1.99. The van der Waals surface area contributed by atoms with Crippen LogP contribution in [0.4, 0.5) is 5.69 Å². The van der Waals surface area contributed by atoms with E-state index in [1.54, 1.807) is 6.07 Å². The molecule has 0 aliphatic rings. The van der Waals surface area contributed by atoms with Crippen LogP contribution in [-0.4, -0.2) is 22.0 Å². The third kappa shape index (κ3) is 2.56. The maximum atomic E-state index is 11.2. The van der Waals surface area contributed by atoms with Crippen LogP contribution in [0.15, 0.2) is 30.6 Å². The van der Waals surface area contributed by atoms with E-state index >= 15 is 0 Å². The average Bonchev–Trinajstić information content (AvgIpc) is 2.89. The van der Waals surface area contributed by atoms with E-state index in [-0.39, 0.29) is 11.4 Å². The van der Waals surface area contributed by atoms with Crippen LogP contribution >= 0.6 is 11.3 Å². The van der Waals surface area contributed by atoms with Crippen molar-refractivity contribution in [3.8, 4) is 17.4 Å². The summed E-state index contributed by atoms with van der Waals surface area (Å²) in [6.07, 6.45) is 1.38. The topological polar surface area (TPSA) is 87.4 Å². The van der Waals surface area contributed by atoms with Crippen molar-refractivity contribution in [3.63, 3.8) is 0 Å². The molecule has 0 radical (unpaired) electrons. The lowest BCUT2D eigenvalue weighted by atomic mass is 10.3. The predicted octanol–water partition coefficient (Wildman–Crippen LogP) is 3.71. The Morgan fingerprint density at radius 2 is 2.09 bits per heavy atom. The second-order valence-corrected chi connectivity index (χ2v) is 5.68. The molecule has 0 fully saturated rings. The number of hydrogen-bond acceptors (Lipinski definition) is 7. The van der Waals surface area contributed by atoms with Gasteiger partial charge in [-0.25, -0.2) is 9.97 Å². The average molecular weight is 317 g/mol. The van der Waals surface area contributed by atoms with E-state index in [2.05, 4.69) is 9.97 Å². The number of aromatic nitrogens is 2. The molecule has 0 spiro atoms. The molecule has 0 atom stereocenters. The number of benzene rings is 1. The zero-order valence-electron chi connectivity index (χ0n) is 11.8. The molecule has 1 aromatic carbocycles. The first-order valence-corrected chi connectivity index (χ1v) is 7.11. The van der Waals surface area contributed by atoms with Crippen LogP contribution in [0.5, 0.6) is 17.4 Å². The Bertz CT molecular complexity index is 862. The van der Waals surface area contributed by atoms with E-state index in [0.29, 0.717) is 11.6 Å². The molecule has 0 amide bonds. The number of ether oxygens (including phenoxy) is 2. The number of fused-ring (bicyclic) bond motifs is 1. The molecule has 0 aliphatic carbocycles. The third-order valence-electron chi connectivity index (χ3n) is 2.99. The summed E-state index contributed by atoms with van der Waals surface area (Å²) in [5.41, 5.74) is -0.182. The van der Waals surface area contributed by atoms with Crippen molar-refractivity contribution < 1.29 is 14.4 Å². The van der Waals surface area contributed by atoms with Crippen LogP contribution in [0.1, 0.15) is 4.88 Å². The molecule has 3 aromatic rings. The van der Waals surface area contributed by atoms with Gasteiger partial charge in [0.05, 0.1) is 23.5 Å². The van der Waals surface area contributed by atoms with Gasteiger partial charge < -0.3 is 9.47 Å². The maximum Gasteiger partial charge on any atom is 0.315 e. The molecule has 2 heterocycles. The van der Waals surface area contributed by atoms with Crippen molar-refractivity contribution in [1.29, 1.82) is 0 Å². The Labute approximate surface area is 129 Å². The van der Waals surface area contributed by atoms with E-state index in [4.69, 9.17) is 9.47 Å². The van der Waals surface area contributed by atoms with Crippen molar-refractivity contribution in [2.75, 3.05) is 7.11 Å². The molecule has 2 aromatic heterocycles. The molecular weight excluding hydrogens is 306 g/mol. The van der Waals surface area contributed by atoms with Gasteiger partial charge in [0.25, 0.3) is 0 Å². The number of thiophene rings is 1. The standard InChI is InChI=1S/C14H11N3O4S/c1-8-5-10-13(15-7-16-14(10)22-8)21-12-4-3-9(20-2)6-11(12)17(18)19/h3-7H,1-2H3. The highest BCUT2D eigenvalue weighted by Gasteiger charge is 2.19. The van der Waals surface area contributed by atoms with Gasteiger partial charge in [-0.15, -0.1) is 11.3 Å². The van der Waals surface area contributed by atoms with Crippen LogP contribution in [-0.2, 0) is 0 Å². The number of rotatable bonds is 4. The molecule has 112 valence electrons. The highest BCUT2D eigenvalue weighted by atomic mass is 32.1. The molecule has 0 saturated carbocycles. The Morgan fingerprint density at radius 3 is 2.82 bits per heavy atom. The Hall–Kier alpha value is -2.74. The highest BCUT2D eigenvalue weighted by molar-refractivity contribution is 7.18. The van der Waals surface area contributed by atoms with Crippen LogP contribution in [0.2, 0.25) is 0 Å². The zero-order chi connectivity index (χ0) is 15.7. The van der Waals surface area contributed by atoms with Crippen molar-refractivity contribution in [2.24, 2.45) is 0 Å². The minimum Gasteiger partial charge on any atom is -0.496 e. The molecule has 0 saturated heterocycles. The van der Waals surface area contributed by atoms with E-state index in [1.807, 2.05) is 13.0 Å². The summed E-state index contributed by atoms with van der Waals surface area (Å²) in [5, 5.41) is 11.9. The number of methoxy groups -OCH3 is 1. The molecule has 3 rings (SSSR count). The fraction of sp³-hybridized carbons (Fsp3) is 0.143. The van der Waals surface area contributed by atoms with E-state index in [9.17, 15) is 10.1 Å². The number of aryl methyl sites for hydroxylation is 1. The monoisotopic (exact) mass is 317 g/mol. The summed E-state index contributed by atoms with van der Waals surface area (Å²) in [6, 6.07) is 6.29. The molecule has 0 bridgehead atoms. The number of nitro groups is 1. The van der Waals surface area contributed by atoms with Crippen LogP contribution in [0.25, 0.3) is 10.2 Å². The van der Waals surface area contributed by atoms with Gasteiger partial charge in [-0.1, -0.05) is 0 Å². The van der Waals surface area contributed by atoms with Crippen molar-refractivity contribution in [1.82, 2.24) is 9.97 Å². The fourth-order valence-corrected chi connectivity index (χ4v) is 2.83. The van der Waals surface area contributed by atoms with Gasteiger partial charge in [-0.05, 0) is 25.1 Å². The Kier molecular flexibility index (Phi) is 3.60. The second kappa shape index (κ2) is 5.57. The molecule has 7 nitrogen and oxygen atoms in total. The first-order valence-electron chi connectivity index (χ1n) is 6.30. The third-order valence-corrected chi connectivity index (χ3v) is 3.94. The van der Waals surface area contributed by atoms with Gasteiger partial charge in [0, 0.05) is 4.88 Å². The van der Waals surface area contributed by atoms with Crippen molar-refractivity contribution in [2.45, 2.75) is 6.92 Å². The highest BCUT2D eigenvalue weighted by Crippen LogP contribution is 2.37. The van der Waals surface area contributed by atoms with Crippen molar-refractivity contribution >= 4 is 27.2 Å². The lowest BCUT2D eigenvalue weighted by Crippen LogP contribution is -1.96. The largest absolute Gasteiger partial charge is 0.496 e. The minimum atomic E-state index is -0.519. The number of nitro benzene ring substituents is 1. The zero-order valence-corrected chi connectivity index (χ0v) is 12.6. The maximum absolute atomic E-state index is 11.2. The molecular formula is C14H11N3O4S. The van der Waals surface area contributed by atoms with Gasteiger partial charge in [0.2, 0.25) is 11.6 Å². The second-order valence-electron chi connectivity index (χ2n) is 4.45.